The van der Waals surface area contributed by atoms with E-state index in [9.17, 15) is 27.6 Å². The number of carbonyl (C=O) groups excluding carboxylic acids is 2. The molecule has 0 aliphatic heterocycles. The number of esters is 1. The second-order valence-corrected chi connectivity index (χ2v) is 7.91. The van der Waals surface area contributed by atoms with Crippen LogP contribution in [-0.4, -0.2) is 41.8 Å². The number of ether oxygens (including phenoxy) is 1. The zero-order valence-corrected chi connectivity index (χ0v) is 18.6. The molecule has 1 amide bonds. The van der Waals surface area contributed by atoms with Crippen molar-refractivity contribution in [3.05, 3.63) is 0 Å². The monoisotopic (exact) mass is 453 g/mol. The number of carboxylic acid groups (broad SMARTS) is 1. The zero-order valence-electron chi connectivity index (χ0n) is 18.6. The second-order valence-electron chi connectivity index (χ2n) is 7.91. The lowest BCUT2D eigenvalue weighted by Gasteiger charge is -2.19. The van der Waals surface area contributed by atoms with Gasteiger partial charge in [-0.3, -0.25) is 9.59 Å². The largest absolute Gasteiger partial charge is 0.490 e. The second kappa shape index (κ2) is 17.8. The Morgan fingerprint density at radius 1 is 0.839 bits per heavy atom. The molecule has 0 bridgehead atoms. The zero-order chi connectivity index (χ0) is 23.5. The van der Waals surface area contributed by atoms with Gasteiger partial charge in [0.2, 0.25) is 5.91 Å². The minimum absolute atomic E-state index is 0.0749. The Labute approximate surface area is 183 Å². The van der Waals surface area contributed by atoms with Gasteiger partial charge in [0.1, 0.15) is 12.6 Å². The minimum atomic E-state index is -5.02. The Hall–Kier alpha value is -1.80. The summed E-state index contributed by atoms with van der Waals surface area (Å²) in [4.78, 5) is 33.0. The van der Waals surface area contributed by atoms with Gasteiger partial charge < -0.3 is 15.2 Å². The highest BCUT2D eigenvalue weighted by Crippen LogP contribution is 2.22. The van der Waals surface area contributed by atoms with Crippen LogP contribution < -0.4 is 5.32 Å². The lowest BCUT2D eigenvalue weighted by molar-refractivity contribution is -0.205. The fourth-order valence-corrected chi connectivity index (χ4v) is 3.26. The van der Waals surface area contributed by atoms with Crippen LogP contribution in [0.3, 0.4) is 0 Å². The summed E-state index contributed by atoms with van der Waals surface area (Å²) >= 11 is 0. The van der Waals surface area contributed by atoms with E-state index in [2.05, 4.69) is 17.0 Å². The van der Waals surface area contributed by atoms with Crippen LogP contribution in [0.1, 0.15) is 103 Å². The molecule has 6 nitrogen and oxygen atoms in total. The molecule has 0 saturated carbocycles. The summed E-state index contributed by atoms with van der Waals surface area (Å²) in [7, 11) is 0. The van der Waals surface area contributed by atoms with Crippen molar-refractivity contribution < 1.29 is 37.4 Å². The molecule has 1 unspecified atom stereocenters. The summed E-state index contributed by atoms with van der Waals surface area (Å²) in [5.74, 6) is -3.76. The van der Waals surface area contributed by atoms with Crippen molar-refractivity contribution in [2.24, 2.45) is 0 Å². The number of carboxylic acids is 1. The third-order valence-corrected chi connectivity index (χ3v) is 5.00. The normalized spacial score (nSPS) is 12.4. The van der Waals surface area contributed by atoms with Crippen molar-refractivity contribution >= 4 is 17.8 Å². The Morgan fingerprint density at radius 3 is 1.81 bits per heavy atom. The molecule has 9 heteroatoms. The van der Waals surface area contributed by atoms with Gasteiger partial charge in [0, 0.05) is 6.42 Å². The van der Waals surface area contributed by atoms with Crippen molar-refractivity contribution in [1.29, 1.82) is 0 Å². The van der Waals surface area contributed by atoms with E-state index in [1.54, 1.807) is 0 Å². The first-order chi connectivity index (χ1) is 14.7. The number of alkyl halides is 3. The van der Waals surface area contributed by atoms with Gasteiger partial charge in [0.15, 0.2) is 0 Å². The quantitative estimate of drug-likeness (QED) is 0.198. The number of hydrogen-bond donors (Lipinski definition) is 2. The van der Waals surface area contributed by atoms with E-state index >= 15 is 0 Å². The van der Waals surface area contributed by atoms with Gasteiger partial charge in [-0.1, -0.05) is 64.7 Å². The van der Waals surface area contributed by atoms with Crippen molar-refractivity contribution in [1.82, 2.24) is 5.32 Å². The van der Waals surface area contributed by atoms with Crippen LogP contribution in [0.4, 0.5) is 13.2 Å². The summed E-state index contributed by atoms with van der Waals surface area (Å²) in [6, 6.07) is 0. The van der Waals surface area contributed by atoms with E-state index in [4.69, 9.17) is 5.11 Å². The van der Waals surface area contributed by atoms with E-state index in [1.165, 1.54) is 38.5 Å². The maximum absolute atomic E-state index is 12.5. The summed E-state index contributed by atoms with van der Waals surface area (Å²) in [5, 5.41) is 10.7. The summed E-state index contributed by atoms with van der Waals surface area (Å²) < 4.78 is 42.2. The maximum Gasteiger partial charge on any atom is 0.490 e. The molecule has 31 heavy (non-hydrogen) atoms. The maximum atomic E-state index is 12.5. The average Bonchev–Trinajstić information content (AvgIpc) is 2.69. The summed E-state index contributed by atoms with van der Waals surface area (Å²) in [6.45, 7) is 1.71. The molecule has 2 N–H and O–H groups in total. The number of carbonyl (C=O) groups is 3. The van der Waals surface area contributed by atoms with Gasteiger partial charge in [0.05, 0.1) is 0 Å². The third-order valence-electron chi connectivity index (χ3n) is 5.00. The van der Waals surface area contributed by atoms with E-state index in [1.807, 2.05) is 0 Å². The van der Waals surface area contributed by atoms with Crippen LogP contribution in [-0.2, 0) is 19.1 Å². The van der Waals surface area contributed by atoms with Gasteiger partial charge >= 0.3 is 18.1 Å². The molecule has 1 atom stereocenters. The molecule has 0 aromatic heterocycles. The molecule has 0 spiro atoms. The number of unbranched alkanes of at least 4 members (excludes halogenated alkanes) is 10. The number of hydrogen-bond acceptors (Lipinski definition) is 4. The third kappa shape index (κ3) is 18.7. The van der Waals surface area contributed by atoms with Gasteiger partial charge in [0.25, 0.3) is 0 Å². The first kappa shape index (κ1) is 29.2. The van der Waals surface area contributed by atoms with E-state index in [0.29, 0.717) is 25.7 Å². The Kier molecular flexibility index (Phi) is 16.8. The summed E-state index contributed by atoms with van der Waals surface area (Å²) in [6.07, 6.45) is 6.69. The fourth-order valence-electron chi connectivity index (χ4n) is 3.26. The van der Waals surface area contributed by atoms with Crippen molar-refractivity contribution in [3.8, 4) is 0 Å². The topological polar surface area (TPSA) is 92.7 Å². The van der Waals surface area contributed by atoms with Crippen LogP contribution in [0.2, 0.25) is 0 Å². The highest BCUT2D eigenvalue weighted by Gasteiger charge is 2.42. The molecule has 0 aromatic carbocycles. The van der Waals surface area contributed by atoms with E-state index < -0.39 is 36.7 Å². The first-order valence-electron chi connectivity index (χ1n) is 11.4. The highest BCUT2D eigenvalue weighted by atomic mass is 19.4. The van der Waals surface area contributed by atoms with Crippen LogP contribution >= 0.6 is 0 Å². The molecule has 182 valence electrons. The molecule has 0 aliphatic carbocycles. The van der Waals surface area contributed by atoms with E-state index in [0.717, 1.165) is 19.3 Å². The molecule has 0 rings (SSSR count). The molecule has 0 aromatic rings. The smallest absolute Gasteiger partial charge is 0.480 e. The molecular formula is C22H38F3NO5. The van der Waals surface area contributed by atoms with Gasteiger partial charge in [-0.25, -0.2) is 4.79 Å². The number of rotatable bonds is 19. The number of halogens is 3. The molecular weight excluding hydrogens is 415 g/mol. The molecule has 0 heterocycles. The molecule has 0 fully saturated rings. The van der Waals surface area contributed by atoms with E-state index in [-0.39, 0.29) is 12.8 Å². The fraction of sp³-hybridized carbons (Fsp3) is 0.864. The standard InChI is InChI=1S/C22H38F3NO5/c1-2-3-4-5-6-7-8-9-10-11-14-18(31-21(30)22(23,24)25)15-12-13-16-19(27)26-17-20(28)29/h18H,2-17H2,1H3,(H,26,27)(H,28,29). The van der Waals surface area contributed by atoms with Crippen molar-refractivity contribution in [3.63, 3.8) is 0 Å². The Balaban J connectivity index is 4.12. The molecule has 0 saturated heterocycles. The van der Waals surface area contributed by atoms with Crippen LogP contribution in [0.15, 0.2) is 0 Å². The highest BCUT2D eigenvalue weighted by molar-refractivity contribution is 5.81. The average molecular weight is 454 g/mol. The van der Waals surface area contributed by atoms with Gasteiger partial charge in [-0.2, -0.15) is 13.2 Å². The minimum Gasteiger partial charge on any atom is -0.480 e. The predicted octanol–water partition coefficient (Wildman–Crippen LogP) is 5.53. The van der Waals surface area contributed by atoms with Crippen LogP contribution in [0, 0.1) is 0 Å². The number of amides is 1. The van der Waals surface area contributed by atoms with Crippen molar-refractivity contribution in [2.75, 3.05) is 6.54 Å². The first-order valence-corrected chi connectivity index (χ1v) is 11.4. The number of nitrogens with one attached hydrogen (secondary N) is 1. The predicted molar refractivity (Wildman–Crippen MR) is 112 cm³/mol. The van der Waals surface area contributed by atoms with Gasteiger partial charge in [-0.05, 0) is 32.1 Å². The number of aliphatic carboxylic acids is 1. The van der Waals surface area contributed by atoms with Crippen molar-refractivity contribution in [2.45, 2.75) is 116 Å². The van der Waals surface area contributed by atoms with Crippen LogP contribution in [0.5, 0.6) is 0 Å². The Bertz CT molecular complexity index is 512. The summed E-state index contributed by atoms with van der Waals surface area (Å²) in [5.41, 5.74) is 0. The Morgan fingerprint density at radius 2 is 1.32 bits per heavy atom. The molecule has 0 radical (unpaired) electrons. The SMILES string of the molecule is CCCCCCCCCCCCC(CCCCC(=O)NCC(=O)O)OC(=O)C(F)(F)F. The molecule has 0 aliphatic rings. The van der Waals surface area contributed by atoms with Gasteiger partial charge in [-0.15, -0.1) is 0 Å². The lowest BCUT2D eigenvalue weighted by atomic mass is 10.0. The van der Waals surface area contributed by atoms with Crippen LogP contribution in [0.25, 0.3) is 0 Å². The lowest BCUT2D eigenvalue weighted by Crippen LogP contribution is -2.30.